The van der Waals surface area contributed by atoms with E-state index in [0.717, 1.165) is 0 Å². The molecule has 12 nitrogen and oxygen atoms in total. The van der Waals surface area contributed by atoms with Gasteiger partial charge in [-0.2, -0.15) is 9.97 Å². The van der Waals surface area contributed by atoms with Crippen molar-refractivity contribution in [3.05, 3.63) is 42.6 Å². The molecule has 0 atom stereocenters. The van der Waals surface area contributed by atoms with Gasteiger partial charge in [-0.05, 0) is 58.3 Å². The zero-order valence-corrected chi connectivity index (χ0v) is 20.7. The molecule has 0 radical (unpaired) electrons. The zero-order valence-electron chi connectivity index (χ0n) is 20.7. The number of methoxy groups -OCH3 is 1. The topological polar surface area (TPSA) is 148 Å². The molecule has 0 saturated carbocycles. The Kier molecular flexibility index (Phi) is 6.62. The second-order valence-electron chi connectivity index (χ2n) is 8.89. The predicted molar refractivity (Wildman–Crippen MR) is 136 cm³/mol. The molecule has 0 saturated heterocycles. The van der Waals surface area contributed by atoms with E-state index in [9.17, 15) is 9.59 Å². The highest BCUT2D eigenvalue weighted by Crippen LogP contribution is 2.41. The van der Waals surface area contributed by atoms with Crippen LogP contribution >= 0.6 is 0 Å². The fraction of sp³-hybridized carbons (Fsp3) is 0.292. The van der Waals surface area contributed by atoms with Crippen molar-refractivity contribution in [1.82, 2.24) is 19.9 Å². The van der Waals surface area contributed by atoms with E-state index in [4.69, 9.17) is 15.2 Å². The number of nitrogen functional groups attached to an aromatic ring is 1. The van der Waals surface area contributed by atoms with Crippen LogP contribution in [0, 0.1) is 0 Å². The number of benzene rings is 1. The van der Waals surface area contributed by atoms with Crippen molar-refractivity contribution in [2.24, 2.45) is 0 Å². The van der Waals surface area contributed by atoms with E-state index in [1.165, 1.54) is 18.2 Å². The minimum Gasteiger partial charge on any atom is -0.479 e. The van der Waals surface area contributed by atoms with E-state index >= 15 is 0 Å². The maximum absolute atomic E-state index is 13.3. The smallest absolute Gasteiger partial charge is 0.276 e. The maximum Gasteiger partial charge on any atom is 0.276 e. The van der Waals surface area contributed by atoms with Crippen LogP contribution < -0.4 is 30.7 Å². The second-order valence-corrected chi connectivity index (χ2v) is 8.89. The first-order valence-corrected chi connectivity index (χ1v) is 11.1. The first kappa shape index (κ1) is 24.7. The van der Waals surface area contributed by atoms with Gasteiger partial charge >= 0.3 is 0 Å². The second kappa shape index (κ2) is 9.66. The molecular weight excluding hydrogens is 464 g/mol. The van der Waals surface area contributed by atoms with Crippen molar-refractivity contribution >= 4 is 46.5 Å². The Morgan fingerprint density at radius 3 is 2.69 bits per heavy atom. The van der Waals surface area contributed by atoms with Gasteiger partial charge in [0.2, 0.25) is 17.7 Å². The van der Waals surface area contributed by atoms with Crippen molar-refractivity contribution in [2.75, 3.05) is 49.0 Å². The molecule has 0 spiro atoms. The van der Waals surface area contributed by atoms with E-state index in [2.05, 4.69) is 25.6 Å². The number of nitrogens with one attached hydrogen (secondary N) is 2. The van der Waals surface area contributed by atoms with E-state index in [1.807, 2.05) is 0 Å². The lowest BCUT2D eigenvalue weighted by Crippen LogP contribution is -2.51. The Bertz CT molecular complexity index is 1310. The van der Waals surface area contributed by atoms with Gasteiger partial charge in [0.05, 0.1) is 25.5 Å². The van der Waals surface area contributed by atoms with Gasteiger partial charge in [-0.3, -0.25) is 14.5 Å². The summed E-state index contributed by atoms with van der Waals surface area (Å²) in [7, 11) is 5.06. The highest BCUT2D eigenvalue weighted by atomic mass is 16.5. The number of nitrogens with two attached hydrogens (primary N) is 1. The molecule has 0 fully saturated rings. The van der Waals surface area contributed by atoms with Gasteiger partial charge in [-0.15, -0.1) is 0 Å². The number of ether oxygens (including phenoxy) is 2. The molecule has 1 aliphatic heterocycles. The number of fused-ring (bicyclic) bond motifs is 1. The van der Waals surface area contributed by atoms with Gasteiger partial charge in [0.25, 0.3) is 5.91 Å². The van der Waals surface area contributed by atoms with Crippen molar-refractivity contribution in [3.63, 3.8) is 0 Å². The minimum absolute atomic E-state index is 0.184. The van der Waals surface area contributed by atoms with Crippen molar-refractivity contribution in [3.8, 4) is 11.6 Å². The highest BCUT2D eigenvalue weighted by molar-refractivity contribution is 6.07. The molecule has 12 heteroatoms. The third-order valence-electron chi connectivity index (χ3n) is 5.19. The number of nitrogens with zero attached hydrogens (tertiary/aromatic N) is 5. The molecule has 0 bridgehead atoms. The molecule has 188 valence electrons. The van der Waals surface area contributed by atoms with Gasteiger partial charge in [-0.1, -0.05) is 6.07 Å². The molecule has 4 rings (SSSR count). The van der Waals surface area contributed by atoms with Crippen LogP contribution in [0.5, 0.6) is 11.6 Å². The normalized spacial score (nSPS) is 14.2. The number of aromatic nitrogens is 3. The molecule has 36 heavy (non-hydrogen) atoms. The number of rotatable bonds is 7. The average Bonchev–Trinajstić information content (AvgIpc) is 2.80. The molecule has 0 unspecified atom stereocenters. The molecular formula is C24H28N8O4. The van der Waals surface area contributed by atoms with Crippen LogP contribution in [0.3, 0.4) is 0 Å². The Balaban J connectivity index is 1.65. The van der Waals surface area contributed by atoms with Crippen LogP contribution in [-0.2, 0) is 9.59 Å². The standard InChI is InChI=1S/C24H28N8O4/c1-24(2)22(34)32(15-8-6-7-14(25)11-15)20-17(36-24)12-26-23(30-20)27-16-9-10-18(29-21(16)35-5)28-19(33)13-31(3)4/h6-12H,13,25H2,1-5H3,(H,26,27,30)(H,28,29,33). The number of amides is 2. The van der Waals surface area contributed by atoms with E-state index in [1.54, 1.807) is 69.2 Å². The maximum atomic E-state index is 13.3. The van der Waals surface area contributed by atoms with Crippen LogP contribution in [0.4, 0.5) is 34.6 Å². The first-order valence-electron chi connectivity index (χ1n) is 11.1. The van der Waals surface area contributed by atoms with Gasteiger partial charge in [0.15, 0.2) is 17.2 Å². The summed E-state index contributed by atoms with van der Waals surface area (Å²) in [5, 5.41) is 5.78. The quantitative estimate of drug-likeness (QED) is 0.420. The van der Waals surface area contributed by atoms with E-state index in [0.29, 0.717) is 28.6 Å². The number of hydrogen-bond acceptors (Lipinski definition) is 10. The lowest BCUT2D eigenvalue weighted by molar-refractivity contribution is -0.131. The summed E-state index contributed by atoms with van der Waals surface area (Å²) in [6.45, 7) is 3.58. The lowest BCUT2D eigenvalue weighted by atomic mass is 10.0. The van der Waals surface area contributed by atoms with Crippen LogP contribution in [-0.4, -0.2) is 65.0 Å². The number of pyridine rings is 1. The fourth-order valence-corrected chi connectivity index (χ4v) is 3.59. The van der Waals surface area contributed by atoms with E-state index < -0.39 is 5.60 Å². The number of carbonyl (C=O) groups is 2. The molecule has 1 aliphatic rings. The number of carbonyl (C=O) groups excluding carboxylic acids is 2. The van der Waals surface area contributed by atoms with Crippen LogP contribution in [0.2, 0.25) is 0 Å². The van der Waals surface area contributed by atoms with Gasteiger partial charge in [0.1, 0.15) is 11.5 Å². The molecule has 4 N–H and O–H groups in total. The third kappa shape index (κ3) is 5.13. The molecule has 3 heterocycles. The molecule has 2 amide bonds. The van der Waals surface area contributed by atoms with Crippen molar-refractivity contribution in [1.29, 1.82) is 0 Å². The first-order chi connectivity index (χ1) is 17.1. The largest absolute Gasteiger partial charge is 0.479 e. The zero-order chi connectivity index (χ0) is 26.0. The SMILES string of the molecule is COc1nc(NC(=O)CN(C)C)ccc1Nc1ncc2c(n1)N(c1cccc(N)c1)C(=O)C(C)(C)O2. The summed E-state index contributed by atoms with van der Waals surface area (Å²) in [4.78, 5) is 41.8. The Morgan fingerprint density at radius 1 is 1.22 bits per heavy atom. The lowest BCUT2D eigenvalue weighted by Gasteiger charge is -2.37. The van der Waals surface area contributed by atoms with Crippen LogP contribution in [0.1, 0.15) is 13.8 Å². The summed E-state index contributed by atoms with van der Waals surface area (Å²) in [5.41, 5.74) is 6.36. The fourth-order valence-electron chi connectivity index (χ4n) is 3.59. The Morgan fingerprint density at radius 2 is 2.00 bits per heavy atom. The number of likely N-dealkylation sites (N-methyl/N-ethyl adjacent to an activating group) is 1. The summed E-state index contributed by atoms with van der Waals surface area (Å²) < 4.78 is 11.3. The molecule has 2 aromatic heterocycles. The monoisotopic (exact) mass is 492 g/mol. The van der Waals surface area contributed by atoms with Crippen LogP contribution in [0.25, 0.3) is 0 Å². The molecule has 1 aromatic carbocycles. The average molecular weight is 493 g/mol. The Hall–Kier alpha value is -4.45. The summed E-state index contributed by atoms with van der Waals surface area (Å²) in [5.74, 6) is 0.844. The van der Waals surface area contributed by atoms with Gasteiger partial charge in [0, 0.05) is 5.69 Å². The predicted octanol–water partition coefficient (Wildman–Crippen LogP) is 2.54. The van der Waals surface area contributed by atoms with E-state index in [-0.39, 0.29) is 36.0 Å². The Labute approximate surface area is 208 Å². The number of anilines is 6. The van der Waals surface area contributed by atoms with Crippen molar-refractivity contribution < 1.29 is 19.1 Å². The number of hydrogen-bond donors (Lipinski definition) is 3. The van der Waals surface area contributed by atoms with Crippen molar-refractivity contribution in [2.45, 2.75) is 19.4 Å². The minimum atomic E-state index is -1.13. The molecule has 0 aliphatic carbocycles. The summed E-state index contributed by atoms with van der Waals surface area (Å²) in [6.07, 6.45) is 1.49. The van der Waals surface area contributed by atoms with Gasteiger partial charge in [-0.25, -0.2) is 4.98 Å². The van der Waals surface area contributed by atoms with Crippen LogP contribution in [0.15, 0.2) is 42.6 Å². The summed E-state index contributed by atoms with van der Waals surface area (Å²) in [6, 6.07) is 10.3. The third-order valence-corrected chi connectivity index (χ3v) is 5.19. The molecule has 3 aromatic rings. The summed E-state index contributed by atoms with van der Waals surface area (Å²) >= 11 is 0. The highest BCUT2D eigenvalue weighted by Gasteiger charge is 2.43. The van der Waals surface area contributed by atoms with Gasteiger partial charge < -0.3 is 30.7 Å².